The number of benzene rings is 1. The summed E-state index contributed by atoms with van der Waals surface area (Å²) in [6.45, 7) is 6.52. The predicted octanol–water partition coefficient (Wildman–Crippen LogP) is 1.83. The maximum atomic E-state index is 12.6. The molecule has 1 heterocycles. The molecule has 1 amide bonds. The molecule has 25 heavy (non-hydrogen) atoms. The molecular weight excluding hydrogens is 324 g/mol. The smallest absolute Gasteiger partial charge is 0.307 e. The summed E-state index contributed by atoms with van der Waals surface area (Å²) in [7, 11) is 1.54. The molecule has 2 unspecified atom stereocenters. The molecule has 2 N–H and O–H groups in total. The molecule has 7 heteroatoms. The number of carboxylic acids is 1. The largest absolute Gasteiger partial charge is 0.495 e. The third-order valence-corrected chi connectivity index (χ3v) is 5.19. The van der Waals surface area contributed by atoms with Crippen molar-refractivity contribution in [2.75, 3.05) is 43.6 Å². The molecule has 2 atom stereocenters. The van der Waals surface area contributed by atoms with Gasteiger partial charge in [-0.3, -0.25) is 9.59 Å². The number of carboxylic acid groups (broad SMARTS) is 1. The number of nitrogens with one attached hydrogen (secondary N) is 1. The third kappa shape index (κ3) is 3.28. The van der Waals surface area contributed by atoms with Gasteiger partial charge in [-0.2, -0.15) is 0 Å². The van der Waals surface area contributed by atoms with Crippen LogP contribution in [0.5, 0.6) is 5.75 Å². The Morgan fingerprint density at radius 2 is 1.96 bits per heavy atom. The van der Waals surface area contributed by atoms with Gasteiger partial charge in [0.25, 0.3) is 0 Å². The number of hydrogen-bond donors (Lipinski definition) is 2. The van der Waals surface area contributed by atoms with Gasteiger partial charge in [0.15, 0.2) is 0 Å². The van der Waals surface area contributed by atoms with Crippen molar-refractivity contribution < 1.29 is 24.2 Å². The first kappa shape index (κ1) is 17.5. The molecule has 1 saturated heterocycles. The van der Waals surface area contributed by atoms with Crippen LogP contribution in [0.4, 0.5) is 11.4 Å². The van der Waals surface area contributed by atoms with Gasteiger partial charge in [0.05, 0.1) is 37.8 Å². The number of ether oxygens (including phenoxy) is 2. The van der Waals surface area contributed by atoms with E-state index in [1.165, 1.54) is 0 Å². The molecule has 1 saturated carbocycles. The molecule has 2 aliphatic rings. The maximum absolute atomic E-state index is 12.6. The van der Waals surface area contributed by atoms with Gasteiger partial charge in [0, 0.05) is 18.8 Å². The zero-order valence-corrected chi connectivity index (χ0v) is 14.7. The van der Waals surface area contributed by atoms with Crippen LogP contribution in [0.15, 0.2) is 18.2 Å². The monoisotopic (exact) mass is 348 g/mol. The Morgan fingerprint density at radius 3 is 2.52 bits per heavy atom. The van der Waals surface area contributed by atoms with Crippen LogP contribution in [0.1, 0.15) is 13.8 Å². The van der Waals surface area contributed by atoms with Gasteiger partial charge in [-0.15, -0.1) is 0 Å². The van der Waals surface area contributed by atoms with E-state index in [4.69, 9.17) is 9.47 Å². The number of aliphatic carboxylic acids is 1. The standard InChI is InChI=1S/C18H24N2O5/c1-18(2)14(15(18)17(22)23)16(21)19-12-10-11(4-5-13(12)24-3)20-6-8-25-9-7-20/h4-5,10,14-15H,6-9H2,1-3H3,(H,19,21)(H,22,23). The lowest BCUT2D eigenvalue weighted by molar-refractivity contribution is -0.140. The molecule has 2 fully saturated rings. The van der Waals surface area contributed by atoms with Crippen LogP contribution < -0.4 is 15.0 Å². The van der Waals surface area contributed by atoms with Gasteiger partial charge in [0.2, 0.25) is 5.91 Å². The highest BCUT2D eigenvalue weighted by Gasteiger charge is 2.65. The SMILES string of the molecule is COc1ccc(N2CCOCC2)cc1NC(=O)C1C(C(=O)O)C1(C)C. The number of carbonyl (C=O) groups is 2. The first-order valence-corrected chi connectivity index (χ1v) is 8.40. The van der Waals surface area contributed by atoms with Crippen LogP contribution in [0.3, 0.4) is 0 Å². The highest BCUT2D eigenvalue weighted by Crippen LogP contribution is 2.58. The zero-order valence-electron chi connectivity index (χ0n) is 14.7. The van der Waals surface area contributed by atoms with E-state index in [1.54, 1.807) is 21.0 Å². The second-order valence-electron chi connectivity index (χ2n) is 7.09. The number of rotatable bonds is 5. The van der Waals surface area contributed by atoms with Crippen molar-refractivity contribution in [3.05, 3.63) is 18.2 Å². The van der Waals surface area contributed by atoms with E-state index < -0.39 is 23.2 Å². The summed E-state index contributed by atoms with van der Waals surface area (Å²) in [5.74, 6) is -1.85. The average molecular weight is 348 g/mol. The first-order chi connectivity index (χ1) is 11.9. The lowest BCUT2D eigenvalue weighted by atomic mass is 10.1. The summed E-state index contributed by atoms with van der Waals surface area (Å²) >= 11 is 0. The number of nitrogens with zero attached hydrogens (tertiary/aromatic N) is 1. The van der Waals surface area contributed by atoms with Crippen LogP contribution in [0.2, 0.25) is 0 Å². The summed E-state index contributed by atoms with van der Waals surface area (Å²) in [6.07, 6.45) is 0. The lowest BCUT2D eigenvalue weighted by Crippen LogP contribution is -2.36. The summed E-state index contributed by atoms with van der Waals surface area (Å²) in [5.41, 5.74) is 0.998. The van der Waals surface area contributed by atoms with Crippen molar-refractivity contribution >= 4 is 23.3 Å². The van der Waals surface area contributed by atoms with Gasteiger partial charge in [-0.25, -0.2) is 0 Å². The van der Waals surface area contributed by atoms with Crippen molar-refractivity contribution in [3.63, 3.8) is 0 Å². The van der Waals surface area contributed by atoms with E-state index in [0.29, 0.717) is 24.7 Å². The summed E-state index contributed by atoms with van der Waals surface area (Å²) < 4.78 is 10.7. The van der Waals surface area contributed by atoms with E-state index in [0.717, 1.165) is 18.8 Å². The van der Waals surface area contributed by atoms with E-state index >= 15 is 0 Å². The van der Waals surface area contributed by atoms with Crippen LogP contribution in [-0.2, 0) is 14.3 Å². The second-order valence-corrected chi connectivity index (χ2v) is 7.09. The fourth-order valence-electron chi connectivity index (χ4n) is 3.61. The molecule has 0 bridgehead atoms. The zero-order chi connectivity index (χ0) is 18.2. The fourth-order valence-corrected chi connectivity index (χ4v) is 3.61. The average Bonchev–Trinajstić information content (AvgIpc) is 3.18. The van der Waals surface area contributed by atoms with Crippen molar-refractivity contribution in [1.29, 1.82) is 0 Å². The van der Waals surface area contributed by atoms with Gasteiger partial charge in [-0.05, 0) is 23.6 Å². The number of morpholine rings is 1. The Balaban J connectivity index is 1.79. The van der Waals surface area contributed by atoms with E-state index in [9.17, 15) is 14.7 Å². The molecule has 0 spiro atoms. The Labute approximate surface area is 146 Å². The second kappa shape index (κ2) is 6.55. The van der Waals surface area contributed by atoms with Crippen LogP contribution in [0.25, 0.3) is 0 Å². The Hall–Kier alpha value is -2.28. The van der Waals surface area contributed by atoms with Gasteiger partial charge in [-0.1, -0.05) is 13.8 Å². The molecule has 0 radical (unpaired) electrons. The molecule has 136 valence electrons. The summed E-state index contributed by atoms with van der Waals surface area (Å²) in [6, 6.07) is 5.63. The van der Waals surface area contributed by atoms with E-state index in [-0.39, 0.29) is 5.91 Å². The number of hydrogen-bond acceptors (Lipinski definition) is 5. The van der Waals surface area contributed by atoms with Crippen molar-refractivity contribution in [2.45, 2.75) is 13.8 Å². The van der Waals surface area contributed by atoms with Crippen molar-refractivity contribution in [3.8, 4) is 5.75 Å². The number of anilines is 2. The minimum Gasteiger partial charge on any atom is -0.495 e. The Morgan fingerprint density at radius 1 is 1.28 bits per heavy atom. The topological polar surface area (TPSA) is 88.1 Å². The first-order valence-electron chi connectivity index (χ1n) is 8.40. The van der Waals surface area contributed by atoms with Gasteiger partial charge in [0.1, 0.15) is 5.75 Å². The third-order valence-electron chi connectivity index (χ3n) is 5.19. The fraction of sp³-hybridized carbons (Fsp3) is 0.556. The maximum Gasteiger partial charge on any atom is 0.307 e. The normalized spacial score (nSPS) is 24.5. The van der Waals surface area contributed by atoms with Gasteiger partial charge >= 0.3 is 5.97 Å². The highest BCUT2D eigenvalue weighted by molar-refractivity contribution is 6.00. The molecule has 1 aliphatic heterocycles. The molecule has 1 aromatic rings. The minimum absolute atomic E-state index is 0.283. The molecule has 7 nitrogen and oxygen atoms in total. The Kier molecular flexibility index (Phi) is 4.60. The van der Waals surface area contributed by atoms with Crippen molar-refractivity contribution in [1.82, 2.24) is 0 Å². The molecule has 3 rings (SSSR count). The summed E-state index contributed by atoms with van der Waals surface area (Å²) in [5, 5.41) is 12.1. The lowest BCUT2D eigenvalue weighted by Gasteiger charge is -2.29. The van der Waals surface area contributed by atoms with Crippen molar-refractivity contribution in [2.24, 2.45) is 17.3 Å². The summed E-state index contributed by atoms with van der Waals surface area (Å²) in [4.78, 5) is 26.1. The minimum atomic E-state index is -0.931. The Bertz CT molecular complexity index is 682. The highest BCUT2D eigenvalue weighted by atomic mass is 16.5. The van der Waals surface area contributed by atoms with Gasteiger partial charge < -0.3 is 24.8 Å². The number of methoxy groups -OCH3 is 1. The molecular formula is C18H24N2O5. The number of carbonyl (C=O) groups excluding carboxylic acids is 1. The quantitative estimate of drug-likeness (QED) is 0.844. The van der Waals surface area contributed by atoms with E-state index in [1.807, 2.05) is 18.2 Å². The molecule has 0 aromatic heterocycles. The number of amides is 1. The van der Waals surface area contributed by atoms with E-state index in [2.05, 4.69) is 10.2 Å². The van der Waals surface area contributed by atoms with Crippen LogP contribution in [-0.4, -0.2) is 50.4 Å². The molecule has 1 aliphatic carbocycles. The predicted molar refractivity (Wildman–Crippen MR) is 93.1 cm³/mol. The van der Waals surface area contributed by atoms with Crippen LogP contribution in [0, 0.1) is 17.3 Å². The molecule has 1 aromatic carbocycles. The van der Waals surface area contributed by atoms with Crippen LogP contribution >= 0.6 is 0 Å².